The van der Waals surface area contributed by atoms with Crippen LogP contribution in [0.5, 0.6) is 0 Å². The molecule has 0 aliphatic carbocycles. The van der Waals surface area contributed by atoms with Gasteiger partial charge in [-0.1, -0.05) is 6.92 Å². The molecule has 0 heterocycles. The zero-order chi connectivity index (χ0) is 7.98. The minimum atomic E-state index is -0.225. The van der Waals surface area contributed by atoms with Gasteiger partial charge >= 0.3 is 5.97 Å². The smallest absolute Gasteiger partial charge is 0.308 e. The van der Waals surface area contributed by atoms with Crippen LogP contribution in [0, 0.1) is 5.92 Å². The van der Waals surface area contributed by atoms with Crippen LogP contribution in [0.25, 0.3) is 0 Å². The van der Waals surface area contributed by atoms with Gasteiger partial charge in [-0.3, -0.25) is 4.79 Å². The average molecular weight is 146 g/mol. The Morgan fingerprint density at radius 1 is 1.70 bits per heavy atom. The van der Waals surface area contributed by atoms with Gasteiger partial charge in [0.05, 0.1) is 13.0 Å². The number of methoxy groups -OCH3 is 1. The molecule has 0 bridgehead atoms. The maximum atomic E-state index is 10.8. The molecule has 0 radical (unpaired) electrons. The van der Waals surface area contributed by atoms with E-state index in [1.54, 1.807) is 0 Å². The molecule has 0 aliphatic heterocycles. The lowest BCUT2D eigenvalue weighted by molar-refractivity contribution is -0.146. The summed E-state index contributed by atoms with van der Waals surface area (Å²) in [6.07, 6.45) is 1.23. The maximum absolute atomic E-state index is 10.8. The van der Waals surface area contributed by atoms with Crippen LogP contribution in [0.2, 0.25) is 0 Å². The number of ether oxygens (including phenoxy) is 1. The summed E-state index contributed by atoms with van der Waals surface area (Å²) in [5.41, 5.74) is 0. The minimum absolute atomic E-state index is 0.0492. The van der Waals surface area contributed by atoms with E-state index in [9.17, 15) is 4.79 Å². The zero-order valence-corrected chi connectivity index (χ0v) is 6.46. The molecule has 0 unspecified atom stereocenters. The molecule has 3 nitrogen and oxygen atoms in total. The van der Waals surface area contributed by atoms with Crippen molar-refractivity contribution in [2.24, 2.45) is 5.92 Å². The number of carbonyl (C=O) groups excluding carboxylic acids is 1. The van der Waals surface area contributed by atoms with Gasteiger partial charge in [0.15, 0.2) is 0 Å². The van der Waals surface area contributed by atoms with Gasteiger partial charge in [0.1, 0.15) is 0 Å². The van der Waals surface area contributed by atoms with Crippen molar-refractivity contribution in [3.8, 4) is 0 Å². The first-order chi connectivity index (χ1) is 4.76. The van der Waals surface area contributed by atoms with Crippen LogP contribution in [0.1, 0.15) is 19.8 Å². The third-order valence-corrected chi connectivity index (χ3v) is 1.50. The number of carbonyl (C=O) groups is 1. The van der Waals surface area contributed by atoms with Crippen LogP contribution >= 0.6 is 0 Å². The molecule has 1 N–H and O–H groups in total. The Bertz CT molecular complexity index is 101. The quantitative estimate of drug-likeness (QED) is 0.590. The van der Waals surface area contributed by atoms with E-state index in [-0.39, 0.29) is 18.5 Å². The first kappa shape index (κ1) is 9.43. The van der Waals surface area contributed by atoms with E-state index in [1.807, 2.05) is 6.92 Å². The zero-order valence-electron chi connectivity index (χ0n) is 6.46. The minimum Gasteiger partial charge on any atom is -0.469 e. The maximum Gasteiger partial charge on any atom is 0.308 e. The van der Waals surface area contributed by atoms with Crippen molar-refractivity contribution in [1.82, 2.24) is 0 Å². The van der Waals surface area contributed by atoms with Gasteiger partial charge in [-0.25, -0.2) is 0 Å². The van der Waals surface area contributed by atoms with E-state index in [1.165, 1.54) is 7.11 Å². The van der Waals surface area contributed by atoms with E-state index < -0.39 is 0 Å². The molecule has 0 aromatic rings. The summed E-state index contributed by atoms with van der Waals surface area (Å²) in [7, 11) is 1.36. The fraction of sp³-hybridized carbons (Fsp3) is 0.857. The standard InChI is InChI=1S/C7H14O3/c1-3-6(4-5-8)7(9)10-2/h6,8H,3-5H2,1-2H3/t6-/m1/s1. The molecule has 0 saturated heterocycles. The average Bonchev–Trinajstić information content (AvgIpc) is 1.99. The second kappa shape index (κ2) is 5.23. The van der Waals surface area contributed by atoms with E-state index in [0.717, 1.165) is 6.42 Å². The van der Waals surface area contributed by atoms with Gasteiger partial charge in [-0.2, -0.15) is 0 Å². The van der Waals surface area contributed by atoms with Gasteiger partial charge < -0.3 is 9.84 Å². The van der Waals surface area contributed by atoms with Crippen LogP contribution in [-0.2, 0) is 9.53 Å². The van der Waals surface area contributed by atoms with Crippen molar-refractivity contribution in [1.29, 1.82) is 0 Å². The van der Waals surface area contributed by atoms with Crippen molar-refractivity contribution in [2.45, 2.75) is 19.8 Å². The molecule has 0 spiro atoms. The molecular formula is C7H14O3. The highest BCUT2D eigenvalue weighted by atomic mass is 16.5. The van der Waals surface area contributed by atoms with Gasteiger partial charge in [-0.05, 0) is 12.8 Å². The third kappa shape index (κ3) is 2.82. The second-order valence-electron chi connectivity index (χ2n) is 2.14. The fourth-order valence-electron chi connectivity index (χ4n) is 0.811. The summed E-state index contributed by atoms with van der Waals surface area (Å²) in [5, 5.41) is 8.50. The molecule has 10 heavy (non-hydrogen) atoms. The molecule has 0 aromatic heterocycles. The Morgan fingerprint density at radius 2 is 2.30 bits per heavy atom. The van der Waals surface area contributed by atoms with Crippen LogP contribution in [0.4, 0.5) is 0 Å². The summed E-state index contributed by atoms with van der Waals surface area (Å²) in [5.74, 6) is -0.355. The van der Waals surface area contributed by atoms with Crippen LogP contribution in [-0.4, -0.2) is 24.8 Å². The monoisotopic (exact) mass is 146 g/mol. The summed E-state index contributed by atoms with van der Waals surface area (Å²) in [6.45, 7) is 1.95. The van der Waals surface area contributed by atoms with Crippen LogP contribution in [0.15, 0.2) is 0 Å². The molecule has 0 saturated carbocycles. The molecule has 0 fully saturated rings. The Morgan fingerprint density at radius 3 is 2.60 bits per heavy atom. The highest BCUT2D eigenvalue weighted by molar-refractivity contribution is 5.72. The summed E-state index contributed by atoms with van der Waals surface area (Å²) < 4.78 is 4.51. The predicted octanol–water partition coefficient (Wildman–Crippen LogP) is 0.568. The second-order valence-corrected chi connectivity index (χ2v) is 2.14. The van der Waals surface area contributed by atoms with E-state index in [2.05, 4.69) is 4.74 Å². The van der Waals surface area contributed by atoms with Crippen molar-refractivity contribution in [3.05, 3.63) is 0 Å². The lowest BCUT2D eigenvalue weighted by Gasteiger charge is -2.09. The molecule has 0 amide bonds. The molecule has 1 atom stereocenters. The molecular weight excluding hydrogens is 132 g/mol. The van der Waals surface area contributed by atoms with Crippen molar-refractivity contribution < 1.29 is 14.6 Å². The van der Waals surface area contributed by atoms with Gasteiger partial charge in [0.2, 0.25) is 0 Å². The third-order valence-electron chi connectivity index (χ3n) is 1.50. The van der Waals surface area contributed by atoms with Crippen LogP contribution < -0.4 is 0 Å². The van der Waals surface area contributed by atoms with Crippen molar-refractivity contribution in [3.63, 3.8) is 0 Å². The van der Waals surface area contributed by atoms with Crippen molar-refractivity contribution >= 4 is 5.97 Å². The van der Waals surface area contributed by atoms with E-state index in [0.29, 0.717) is 6.42 Å². The van der Waals surface area contributed by atoms with Gasteiger partial charge in [-0.15, -0.1) is 0 Å². The predicted molar refractivity (Wildman–Crippen MR) is 37.5 cm³/mol. The number of hydrogen-bond acceptors (Lipinski definition) is 3. The number of esters is 1. The molecule has 3 heteroatoms. The Hall–Kier alpha value is -0.570. The Kier molecular flexibility index (Phi) is 4.94. The Balaban J connectivity index is 3.68. The van der Waals surface area contributed by atoms with E-state index in [4.69, 9.17) is 5.11 Å². The van der Waals surface area contributed by atoms with Gasteiger partial charge in [0, 0.05) is 6.61 Å². The highest BCUT2D eigenvalue weighted by Gasteiger charge is 2.15. The molecule has 0 aromatic carbocycles. The molecule has 0 aliphatic rings. The fourth-order valence-corrected chi connectivity index (χ4v) is 0.811. The van der Waals surface area contributed by atoms with E-state index >= 15 is 0 Å². The number of rotatable bonds is 4. The Labute approximate surface area is 61.0 Å². The molecule has 60 valence electrons. The topological polar surface area (TPSA) is 46.5 Å². The van der Waals surface area contributed by atoms with Crippen LogP contribution in [0.3, 0.4) is 0 Å². The van der Waals surface area contributed by atoms with Crippen molar-refractivity contribution in [2.75, 3.05) is 13.7 Å². The first-order valence-corrected chi connectivity index (χ1v) is 3.45. The molecule has 0 rings (SSSR count). The lowest BCUT2D eigenvalue weighted by Crippen LogP contribution is -2.16. The van der Waals surface area contributed by atoms with Gasteiger partial charge in [0.25, 0.3) is 0 Å². The SMILES string of the molecule is CC[C@H](CCO)C(=O)OC. The largest absolute Gasteiger partial charge is 0.469 e. The summed E-state index contributed by atoms with van der Waals surface area (Å²) in [6, 6.07) is 0. The first-order valence-electron chi connectivity index (χ1n) is 3.45. The highest BCUT2D eigenvalue weighted by Crippen LogP contribution is 2.08. The summed E-state index contributed by atoms with van der Waals surface area (Å²) in [4.78, 5) is 10.8. The number of aliphatic hydroxyl groups is 1. The lowest BCUT2D eigenvalue weighted by atomic mass is 10.0. The normalized spacial score (nSPS) is 12.7. The summed E-state index contributed by atoms with van der Waals surface area (Å²) >= 11 is 0. The number of aliphatic hydroxyl groups excluding tert-OH is 1. The number of hydrogen-bond donors (Lipinski definition) is 1.